The molecular weight excluding hydrogens is 254 g/mol. The van der Waals surface area contributed by atoms with Gasteiger partial charge in [-0.3, -0.25) is 4.79 Å². The van der Waals surface area contributed by atoms with E-state index in [0.29, 0.717) is 13.1 Å². The molecule has 106 valence electrons. The number of hydrogen-bond donors (Lipinski definition) is 3. The number of aliphatic carboxylic acids is 1. The van der Waals surface area contributed by atoms with Gasteiger partial charge in [0.15, 0.2) is 0 Å². The number of nitrogens with zero attached hydrogens (tertiary/aromatic N) is 1. The maximum absolute atomic E-state index is 12.0. The number of carboxylic acids is 1. The van der Waals surface area contributed by atoms with Crippen LogP contribution < -0.4 is 11.1 Å². The zero-order chi connectivity index (χ0) is 14.0. The number of nitrogens with two attached hydrogens (primary N) is 1. The number of fused-ring (bicyclic) bond motifs is 2. The van der Waals surface area contributed by atoms with Crippen molar-refractivity contribution in [1.29, 1.82) is 0 Å². The van der Waals surface area contributed by atoms with Crippen molar-refractivity contribution in [2.24, 2.45) is 5.73 Å². The highest BCUT2D eigenvalue weighted by Gasteiger charge is 2.36. The Balaban J connectivity index is 1.91. The first-order valence-electron chi connectivity index (χ1n) is 6.17. The van der Waals surface area contributed by atoms with Gasteiger partial charge in [-0.1, -0.05) is 0 Å². The van der Waals surface area contributed by atoms with Crippen LogP contribution in [0.5, 0.6) is 0 Å². The van der Waals surface area contributed by atoms with Gasteiger partial charge < -0.3 is 25.8 Å². The monoisotopic (exact) mass is 271 g/mol. The van der Waals surface area contributed by atoms with Gasteiger partial charge in [0.1, 0.15) is 6.04 Å². The number of hydrogen-bond acceptors (Lipinski definition) is 4. The summed E-state index contributed by atoms with van der Waals surface area (Å²) in [6.07, 6.45) is 1.47. The molecule has 0 spiro atoms. The number of carbonyl (C=O) groups is 3. The lowest BCUT2D eigenvalue weighted by atomic mass is 10.2. The number of likely N-dealkylation sites (tertiary alicyclic amines) is 1. The van der Waals surface area contributed by atoms with Crippen molar-refractivity contribution < 1.29 is 24.2 Å². The Morgan fingerprint density at radius 1 is 1.32 bits per heavy atom. The fraction of sp³-hybridized carbons (Fsp3) is 0.727. The van der Waals surface area contributed by atoms with Gasteiger partial charge in [0.25, 0.3) is 0 Å². The molecule has 0 aromatic carbocycles. The molecule has 3 amide bonds. The van der Waals surface area contributed by atoms with Crippen LogP contribution in [-0.4, -0.2) is 59.3 Å². The molecular formula is C11H17N3O5. The maximum atomic E-state index is 12.0. The number of nitrogens with one attached hydrogen (secondary N) is 1. The largest absolute Gasteiger partial charge is 0.480 e. The molecule has 2 aliphatic rings. The van der Waals surface area contributed by atoms with Gasteiger partial charge in [0, 0.05) is 13.1 Å². The van der Waals surface area contributed by atoms with Crippen molar-refractivity contribution in [3.8, 4) is 0 Å². The topological polar surface area (TPSA) is 122 Å². The molecule has 0 aromatic heterocycles. The van der Waals surface area contributed by atoms with Crippen LogP contribution in [0.25, 0.3) is 0 Å². The van der Waals surface area contributed by atoms with Crippen molar-refractivity contribution in [3.05, 3.63) is 0 Å². The molecule has 2 bridgehead atoms. The third kappa shape index (κ3) is 3.34. The molecule has 19 heavy (non-hydrogen) atoms. The normalized spacial score (nSPS) is 26.8. The third-order valence-electron chi connectivity index (χ3n) is 3.33. The summed E-state index contributed by atoms with van der Waals surface area (Å²) in [5.41, 5.74) is 4.95. The van der Waals surface area contributed by atoms with Gasteiger partial charge in [0.05, 0.1) is 18.6 Å². The summed E-state index contributed by atoms with van der Waals surface area (Å²) in [5.74, 6) is -2.04. The van der Waals surface area contributed by atoms with Gasteiger partial charge in [-0.05, 0) is 12.8 Å². The summed E-state index contributed by atoms with van der Waals surface area (Å²) in [6.45, 7) is 0.899. The van der Waals surface area contributed by atoms with E-state index in [-0.39, 0.29) is 12.2 Å². The third-order valence-corrected chi connectivity index (χ3v) is 3.33. The second-order valence-electron chi connectivity index (χ2n) is 4.87. The van der Waals surface area contributed by atoms with Crippen molar-refractivity contribution in [2.75, 3.05) is 13.1 Å². The van der Waals surface area contributed by atoms with E-state index in [9.17, 15) is 14.4 Å². The summed E-state index contributed by atoms with van der Waals surface area (Å²) < 4.78 is 5.58. The van der Waals surface area contributed by atoms with Gasteiger partial charge in [-0.25, -0.2) is 9.59 Å². The van der Waals surface area contributed by atoms with E-state index in [4.69, 9.17) is 15.6 Å². The van der Waals surface area contributed by atoms with Crippen LogP contribution in [-0.2, 0) is 14.3 Å². The molecule has 0 aliphatic carbocycles. The molecule has 0 radical (unpaired) electrons. The Hall–Kier alpha value is -1.83. The van der Waals surface area contributed by atoms with Crippen molar-refractivity contribution in [2.45, 2.75) is 37.5 Å². The first-order valence-corrected chi connectivity index (χ1v) is 6.17. The number of primary amides is 1. The van der Waals surface area contributed by atoms with Crippen LogP contribution in [0.2, 0.25) is 0 Å². The molecule has 2 saturated heterocycles. The van der Waals surface area contributed by atoms with Crippen molar-refractivity contribution >= 4 is 17.9 Å². The number of urea groups is 1. The SMILES string of the molecule is NC(=O)C[C@@H](NC(=O)N1CC2CCC(C1)O2)C(=O)O. The van der Waals surface area contributed by atoms with Crippen LogP contribution >= 0.6 is 0 Å². The Labute approximate surface area is 109 Å². The Morgan fingerprint density at radius 2 is 1.89 bits per heavy atom. The molecule has 0 saturated carbocycles. The maximum Gasteiger partial charge on any atom is 0.326 e. The predicted molar refractivity (Wildman–Crippen MR) is 63.2 cm³/mol. The van der Waals surface area contributed by atoms with Gasteiger partial charge in [0.2, 0.25) is 5.91 Å². The minimum Gasteiger partial charge on any atom is -0.480 e. The zero-order valence-electron chi connectivity index (χ0n) is 10.4. The lowest BCUT2D eigenvalue weighted by molar-refractivity contribution is -0.141. The van der Waals surface area contributed by atoms with E-state index in [0.717, 1.165) is 12.8 Å². The molecule has 2 fully saturated rings. The molecule has 3 atom stereocenters. The fourth-order valence-electron chi connectivity index (χ4n) is 2.42. The highest BCUT2D eigenvalue weighted by molar-refractivity contribution is 5.87. The molecule has 8 heteroatoms. The number of ether oxygens (including phenoxy) is 1. The average Bonchev–Trinajstić information content (AvgIpc) is 2.66. The Kier molecular flexibility index (Phi) is 3.89. The van der Waals surface area contributed by atoms with Crippen LogP contribution in [0.15, 0.2) is 0 Å². The minimum absolute atomic E-state index is 0.0314. The Bertz CT molecular complexity index is 388. The van der Waals surface area contributed by atoms with E-state index < -0.39 is 30.4 Å². The summed E-state index contributed by atoms with van der Waals surface area (Å²) in [4.78, 5) is 35.2. The standard InChI is InChI=1S/C11H17N3O5/c12-9(15)3-8(10(16)17)13-11(18)14-4-6-1-2-7(5-14)19-6/h6-8H,1-5H2,(H2,12,15)(H,13,18)(H,16,17)/t6?,7?,8-/m1/s1. The summed E-state index contributed by atoms with van der Waals surface area (Å²) in [6, 6.07) is -1.78. The van der Waals surface area contributed by atoms with E-state index >= 15 is 0 Å². The van der Waals surface area contributed by atoms with Gasteiger partial charge in [-0.15, -0.1) is 0 Å². The number of rotatable bonds is 4. The van der Waals surface area contributed by atoms with Crippen LogP contribution in [0, 0.1) is 0 Å². The Morgan fingerprint density at radius 3 is 2.37 bits per heavy atom. The molecule has 8 nitrogen and oxygen atoms in total. The van der Waals surface area contributed by atoms with E-state index in [1.807, 2.05) is 0 Å². The number of carboxylic acid groups (broad SMARTS) is 1. The van der Waals surface area contributed by atoms with E-state index in [2.05, 4.69) is 5.32 Å². The van der Waals surface area contributed by atoms with E-state index in [1.54, 1.807) is 0 Å². The van der Waals surface area contributed by atoms with Crippen LogP contribution in [0.3, 0.4) is 0 Å². The first-order chi connectivity index (χ1) is 8.95. The van der Waals surface area contributed by atoms with Crippen LogP contribution in [0.4, 0.5) is 4.79 Å². The summed E-state index contributed by atoms with van der Waals surface area (Å²) in [7, 11) is 0. The zero-order valence-corrected chi connectivity index (χ0v) is 10.4. The molecule has 2 heterocycles. The molecule has 2 aliphatic heterocycles. The number of morpholine rings is 1. The van der Waals surface area contributed by atoms with Crippen LogP contribution in [0.1, 0.15) is 19.3 Å². The van der Waals surface area contributed by atoms with Crippen molar-refractivity contribution in [1.82, 2.24) is 10.2 Å². The molecule has 4 N–H and O–H groups in total. The van der Waals surface area contributed by atoms with Gasteiger partial charge >= 0.3 is 12.0 Å². The highest BCUT2D eigenvalue weighted by atomic mass is 16.5. The number of amides is 3. The lowest BCUT2D eigenvalue weighted by Gasteiger charge is -2.32. The first kappa shape index (κ1) is 13.6. The van der Waals surface area contributed by atoms with E-state index in [1.165, 1.54) is 4.90 Å². The smallest absolute Gasteiger partial charge is 0.326 e. The second kappa shape index (κ2) is 5.43. The quantitative estimate of drug-likeness (QED) is 0.598. The average molecular weight is 271 g/mol. The molecule has 2 rings (SSSR count). The molecule has 0 aromatic rings. The van der Waals surface area contributed by atoms with Gasteiger partial charge in [-0.2, -0.15) is 0 Å². The van der Waals surface area contributed by atoms with Crippen molar-refractivity contribution in [3.63, 3.8) is 0 Å². The summed E-state index contributed by atoms with van der Waals surface area (Å²) >= 11 is 0. The summed E-state index contributed by atoms with van der Waals surface area (Å²) in [5, 5.41) is 11.2. The lowest BCUT2D eigenvalue weighted by Crippen LogP contribution is -2.54. The second-order valence-corrected chi connectivity index (χ2v) is 4.87. The highest BCUT2D eigenvalue weighted by Crippen LogP contribution is 2.26. The number of carbonyl (C=O) groups excluding carboxylic acids is 2. The predicted octanol–water partition coefficient (Wildman–Crippen LogP) is -1.11. The minimum atomic E-state index is -1.29. The molecule has 2 unspecified atom stereocenters. The fourth-order valence-corrected chi connectivity index (χ4v) is 2.42.